The molecule has 0 aliphatic carbocycles. The molecular weight excluding hydrogens is 221 g/mol. The van der Waals surface area contributed by atoms with E-state index in [4.69, 9.17) is 10.4 Å². The second-order valence-corrected chi connectivity index (χ2v) is 3.06. The Morgan fingerprint density at radius 3 is 2.69 bits per heavy atom. The summed E-state index contributed by atoms with van der Waals surface area (Å²) in [6, 6.07) is 5.42. The van der Waals surface area contributed by atoms with Gasteiger partial charge in [-0.15, -0.1) is 0 Å². The van der Waals surface area contributed by atoms with Crippen LogP contribution < -0.4 is 5.32 Å². The van der Waals surface area contributed by atoms with Gasteiger partial charge in [-0.2, -0.15) is 5.26 Å². The summed E-state index contributed by atoms with van der Waals surface area (Å²) >= 11 is 0. The summed E-state index contributed by atoms with van der Waals surface area (Å²) in [5.41, 5.74) is -0.175. The number of hydrogen-bond acceptors (Lipinski definition) is 3. The topological polar surface area (TPSA) is 56.0 Å². The lowest BCUT2D eigenvalue weighted by molar-refractivity contribution is 0.00384. The molecule has 0 bridgehead atoms. The van der Waals surface area contributed by atoms with Crippen molar-refractivity contribution in [3.05, 3.63) is 29.6 Å². The summed E-state index contributed by atoms with van der Waals surface area (Å²) in [4.78, 5) is 0. The van der Waals surface area contributed by atoms with Crippen LogP contribution in [0.3, 0.4) is 0 Å². The number of benzene rings is 1. The highest BCUT2D eigenvalue weighted by molar-refractivity contribution is 5.57. The number of nitrogens with zero attached hydrogens (tertiary/aromatic N) is 1. The van der Waals surface area contributed by atoms with Gasteiger partial charge in [-0.25, -0.2) is 13.2 Å². The Hall–Kier alpha value is -1.74. The highest BCUT2D eigenvalue weighted by Crippen LogP contribution is 2.17. The maximum atomic E-state index is 13.1. The van der Waals surface area contributed by atoms with Crippen LogP contribution in [0, 0.1) is 17.1 Å². The number of halogens is 3. The van der Waals surface area contributed by atoms with Gasteiger partial charge < -0.3 is 10.4 Å². The fraction of sp³-hybridized carbons (Fsp3) is 0.300. The van der Waals surface area contributed by atoms with Gasteiger partial charge in [0.15, 0.2) is 0 Å². The Kier molecular flexibility index (Phi) is 4.14. The maximum Gasteiger partial charge on any atom is 0.265 e. The number of nitrogens with one attached hydrogen (secondary N) is 1. The highest BCUT2D eigenvalue weighted by atomic mass is 19.3. The molecule has 0 spiro atoms. The normalized spacial score (nSPS) is 12.2. The molecule has 0 saturated heterocycles. The second-order valence-electron chi connectivity index (χ2n) is 3.06. The monoisotopic (exact) mass is 230 g/mol. The van der Waals surface area contributed by atoms with Gasteiger partial charge in [-0.3, -0.25) is 0 Å². The van der Waals surface area contributed by atoms with E-state index in [1.165, 1.54) is 12.1 Å². The van der Waals surface area contributed by atoms with E-state index < -0.39 is 24.9 Å². The van der Waals surface area contributed by atoms with Crippen molar-refractivity contribution in [2.45, 2.75) is 12.5 Å². The quantitative estimate of drug-likeness (QED) is 0.828. The predicted molar refractivity (Wildman–Crippen MR) is 51.6 cm³/mol. The van der Waals surface area contributed by atoms with Crippen molar-refractivity contribution in [2.75, 3.05) is 11.9 Å². The smallest absolute Gasteiger partial charge is 0.265 e. The third-order valence-corrected chi connectivity index (χ3v) is 1.92. The minimum Gasteiger partial charge on any atom is -0.385 e. The number of hydrogen-bond donors (Lipinski definition) is 2. The first-order chi connectivity index (χ1) is 7.56. The van der Waals surface area contributed by atoms with Gasteiger partial charge in [-0.05, 0) is 12.1 Å². The number of anilines is 1. The van der Waals surface area contributed by atoms with Crippen LogP contribution in [0.5, 0.6) is 0 Å². The van der Waals surface area contributed by atoms with Crippen LogP contribution in [-0.2, 0) is 0 Å². The highest BCUT2D eigenvalue weighted by Gasteiger charge is 2.17. The molecule has 86 valence electrons. The predicted octanol–water partition coefficient (Wildman–Crippen LogP) is 1.74. The molecule has 0 heterocycles. The molecule has 16 heavy (non-hydrogen) atoms. The fourth-order valence-electron chi connectivity index (χ4n) is 1.09. The van der Waals surface area contributed by atoms with Crippen molar-refractivity contribution < 1.29 is 18.3 Å². The van der Waals surface area contributed by atoms with Crippen LogP contribution in [0.1, 0.15) is 5.56 Å². The molecule has 2 N–H and O–H groups in total. The van der Waals surface area contributed by atoms with Crippen molar-refractivity contribution in [1.29, 1.82) is 5.26 Å². The summed E-state index contributed by atoms with van der Waals surface area (Å²) < 4.78 is 37.0. The van der Waals surface area contributed by atoms with E-state index in [9.17, 15) is 13.2 Å². The fourth-order valence-corrected chi connectivity index (χ4v) is 1.09. The van der Waals surface area contributed by atoms with E-state index >= 15 is 0 Å². The lowest BCUT2D eigenvalue weighted by Gasteiger charge is -2.12. The summed E-state index contributed by atoms with van der Waals surface area (Å²) in [5.74, 6) is -0.737. The van der Waals surface area contributed by atoms with Crippen molar-refractivity contribution >= 4 is 5.69 Å². The average molecular weight is 230 g/mol. The van der Waals surface area contributed by atoms with Crippen molar-refractivity contribution in [1.82, 2.24) is 0 Å². The molecule has 1 unspecified atom stereocenters. The van der Waals surface area contributed by atoms with Crippen LogP contribution >= 0.6 is 0 Å². The molecule has 1 aromatic rings. The van der Waals surface area contributed by atoms with Gasteiger partial charge in [0, 0.05) is 6.54 Å². The number of aliphatic hydroxyl groups is 1. The molecule has 0 saturated carbocycles. The number of nitriles is 1. The summed E-state index contributed by atoms with van der Waals surface area (Å²) in [5, 5.41) is 19.9. The minimum atomic E-state index is -2.88. The largest absolute Gasteiger partial charge is 0.385 e. The zero-order valence-corrected chi connectivity index (χ0v) is 8.12. The average Bonchev–Trinajstić information content (AvgIpc) is 2.25. The number of alkyl halides is 2. The first-order valence-corrected chi connectivity index (χ1v) is 4.45. The summed E-state index contributed by atoms with van der Waals surface area (Å²) in [6.45, 7) is -0.449. The second kappa shape index (κ2) is 5.37. The van der Waals surface area contributed by atoms with E-state index in [1.807, 2.05) is 0 Å². The lowest BCUT2D eigenvalue weighted by atomic mass is 10.2. The van der Waals surface area contributed by atoms with Gasteiger partial charge in [-0.1, -0.05) is 6.07 Å². The lowest BCUT2D eigenvalue weighted by Crippen LogP contribution is -2.27. The van der Waals surface area contributed by atoms with Crippen LogP contribution in [-0.4, -0.2) is 24.2 Å². The molecule has 1 atom stereocenters. The molecule has 0 amide bonds. The van der Waals surface area contributed by atoms with E-state index in [1.54, 1.807) is 6.07 Å². The molecule has 6 heteroatoms. The van der Waals surface area contributed by atoms with Crippen LogP contribution in [0.2, 0.25) is 0 Å². The number of aliphatic hydroxyl groups excluding tert-OH is 1. The molecule has 0 aliphatic rings. The first-order valence-electron chi connectivity index (χ1n) is 4.45. The van der Waals surface area contributed by atoms with Gasteiger partial charge in [0.1, 0.15) is 23.6 Å². The van der Waals surface area contributed by atoms with Gasteiger partial charge in [0.2, 0.25) is 0 Å². The Bertz CT molecular complexity index is 404. The minimum absolute atomic E-state index is 0.0854. The molecule has 0 aromatic heterocycles. The van der Waals surface area contributed by atoms with E-state index in [2.05, 4.69) is 5.32 Å². The third kappa shape index (κ3) is 2.87. The number of rotatable bonds is 4. The van der Waals surface area contributed by atoms with Gasteiger partial charge in [0.25, 0.3) is 6.43 Å². The molecule has 0 fully saturated rings. The van der Waals surface area contributed by atoms with Gasteiger partial charge >= 0.3 is 0 Å². The van der Waals surface area contributed by atoms with Crippen molar-refractivity contribution in [3.63, 3.8) is 0 Å². The maximum absolute atomic E-state index is 13.1. The SMILES string of the molecule is N#Cc1c(F)cccc1NCC(O)C(F)F. The van der Waals surface area contributed by atoms with Crippen molar-refractivity contribution in [3.8, 4) is 6.07 Å². The zero-order valence-electron chi connectivity index (χ0n) is 8.12. The molecule has 3 nitrogen and oxygen atoms in total. The van der Waals surface area contributed by atoms with Crippen LogP contribution in [0.4, 0.5) is 18.9 Å². The Labute approximate surface area is 90.1 Å². The van der Waals surface area contributed by atoms with Gasteiger partial charge in [0.05, 0.1) is 5.69 Å². The standard InChI is InChI=1S/C10H9F3N2O/c11-7-2-1-3-8(6(7)4-14)15-5-9(16)10(12)13/h1-3,9-10,15-16H,5H2. The molecular formula is C10H9F3N2O. The summed E-state index contributed by atoms with van der Waals surface area (Å²) in [6.07, 6.45) is -4.73. The Morgan fingerprint density at radius 1 is 1.44 bits per heavy atom. The molecule has 1 rings (SSSR count). The Balaban J connectivity index is 2.75. The molecule has 1 aromatic carbocycles. The van der Waals surface area contributed by atoms with E-state index in [0.717, 1.165) is 6.07 Å². The first kappa shape index (κ1) is 12.3. The van der Waals surface area contributed by atoms with E-state index in [0.29, 0.717) is 0 Å². The zero-order chi connectivity index (χ0) is 12.1. The van der Waals surface area contributed by atoms with E-state index in [-0.39, 0.29) is 11.3 Å². The molecule has 0 radical (unpaired) electrons. The van der Waals surface area contributed by atoms with Crippen LogP contribution in [0.15, 0.2) is 18.2 Å². The molecule has 0 aliphatic heterocycles. The Morgan fingerprint density at radius 2 is 2.12 bits per heavy atom. The third-order valence-electron chi connectivity index (χ3n) is 1.92. The van der Waals surface area contributed by atoms with Crippen molar-refractivity contribution in [2.24, 2.45) is 0 Å². The van der Waals surface area contributed by atoms with Crippen LogP contribution in [0.25, 0.3) is 0 Å². The summed E-state index contributed by atoms with van der Waals surface area (Å²) in [7, 11) is 0.